The van der Waals surface area contributed by atoms with Gasteiger partial charge in [0.2, 0.25) is 0 Å². The van der Waals surface area contributed by atoms with Crippen molar-refractivity contribution in [2.75, 3.05) is 12.4 Å². The number of rotatable bonds is 8. The molecule has 4 aromatic rings. The van der Waals surface area contributed by atoms with Gasteiger partial charge in [-0.05, 0) is 56.2 Å². The van der Waals surface area contributed by atoms with E-state index in [2.05, 4.69) is 10.6 Å². The average molecular weight is 504 g/mol. The Balaban J connectivity index is 1.96. The number of nitrogens with zero attached hydrogens (tertiary/aromatic N) is 3. The summed E-state index contributed by atoms with van der Waals surface area (Å²) in [6, 6.07) is 12.4. The molecule has 11 heteroatoms. The SMILES string of the molecule is COc1ccc(-c2nc3c(C(=O)NC(C)C(=O)O)cccn3c2Nc2c(C)cccc2C)cc1[N+](=O)[O-]. The largest absolute Gasteiger partial charge is 0.490 e. The summed E-state index contributed by atoms with van der Waals surface area (Å²) in [7, 11) is 1.35. The number of aromatic nitrogens is 2. The lowest BCUT2D eigenvalue weighted by atomic mass is 10.1. The molecule has 0 radical (unpaired) electrons. The number of benzene rings is 2. The Morgan fingerprint density at radius 3 is 2.46 bits per heavy atom. The van der Waals surface area contributed by atoms with Gasteiger partial charge < -0.3 is 20.5 Å². The molecular formula is C26H25N5O6. The maximum Gasteiger partial charge on any atom is 0.325 e. The molecule has 0 fully saturated rings. The number of carboxylic acid groups (broad SMARTS) is 1. The number of methoxy groups -OCH3 is 1. The molecule has 3 N–H and O–H groups in total. The van der Waals surface area contributed by atoms with Gasteiger partial charge in [0.05, 0.1) is 17.6 Å². The number of anilines is 2. The van der Waals surface area contributed by atoms with Gasteiger partial charge in [0.1, 0.15) is 17.6 Å². The monoisotopic (exact) mass is 503 g/mol. The summed E-state index contributed by atoms with van der Waals surface area (Å²) in [5.41, 5.74) is 3.70. The zero-order chi connectivity index (χ0) is 26.9. The van der Waals surface area contributed by atoms with Gasteiger partial charge in [-0.2, -0.15) is 0 Å². The second kappa shape index (κ2) is 9.97. The van der Waals surface area contributed by atoms with Crippen LogP contribution in [0.4, 0.5) is 17.2 Å². The van der Waals surface area contributed by atoms with E-state index in [0.717, 1.165) is 16.8 Å². The third kappa shape index (κ3) is 4.79. The van der Waals surface area contributed by atoms with Gasteiger partial charge in [0, 0.05) is 23.5 Å². The van der Waals surface area contributed by atoms with Gasteiger partial charge in [0.15, 0.2) is 11.4 Å². The number of nitro benzene ring substituents is 1. The van der Waals surface area contributed by atoms with E-state index < -0.39 is 22.8 Å². The molecular weight excluding hydrogens is 478 g/mol. The van der Waals surface area contributed by atoms with E-state index in [1.807, 2.05) is 32.0 Å². The molecule has 0 bridgehead atoms. The highest BCUT2D eigenvalue weighted by Gasteiger charge is 2.24. The van der Waals surface area contributed by atoms with Crippen LogP contribution in [0.3, 0.4) is 0 Å². The van der Waals surface area contributed by atoms with E-state index in [1.54, 1.807) is 22.7 Å². The Kier molecular flexibility index (Phi) is 6.79. The summed E-state index contributed by atoms with van der Waals surface area (Å²) in [5, 5.41) is 26.7. The number of aliphatic carboxylic acids is 1. The van der Waals surface area contributed by atoms with E-state index >= 15 is 0 Å². The van der Waals surface area contributed by atoms with Crippen LogP contribution >= 0.6 is 0 Å². The number of ether oxygens (including phenoxy) is 1. The van der Waals surface area contributed by atoms with Crippen LogP contribution in [0.2, 0.25) is 0 Å². The van der Waals surface area contributed by atoms with E-state index in [0.29, 0.717) is 17.1 Å². The first-order chi connectivity index (χ1) is 17.6. The predicted molar refractivity (Wildman–Crippen MR) is 138 cm³/mol. The number of carbonyl (C=O) groups is 2. The van der Waals surface area contributed by atoms with Crippen LogP contribution < -0.4 is 15.4 Å². The molecule has 4 rings (SSSR count). The fraction of sp³-hybridized carbons (Fsp3) is 0.192. The number of nitro groups is 1. The number of nitrogens with one attached hydrogen (secondary N) is 2. The highest BCUT2D eigenvalue weighted by atomic mass is 16.6. The number of para-hydroxylation sites is 1. The molecule has 0 aliphatic heterocycles. The number of hydrogen-bond donors (Lipinski definition) is 3. The van der Waals surface area contributed by atoms with Crippen LogP contribution in [-0.4, -0.2) is 44.4 Å². The Morgan fingerprint density at radius 1 is 1.14 bits per heavy atom. The molecule has 0 spiro atoms. The van der Waals surface area contributed by atoms with Crippen molar-refractivity contribution in [1.82, 2.24) is 14.7 Å². The van der Waals surface area contributed by atoms with E-state index in [1.165, 1.54) is 32.2 Å². The number of hydrogen-bond acceptors (Lipinski definition) is 7. The Morgan fingerprint density at radius 2 is 1.84 bits per heavy atom. The van der Waals surface area contributed by atoms with Crippen molar-refractivity contribution < 1.29 is 24.4 Å². The van der Waals surface area contributed by atoms with Crippen molar-refractivity contribution in [1.29, 1.82) is 0 Å². The van der Waals surface area contributed by atoms with Crippen LogP contribution in [0, 0.1) is 24.0 Å². The molecule has 2 heterocycles. The molecule has 2 aromatic heterocycles. The molecule has 0 saturated heterocycles. The molecule has 1 unspecified atom stereocenters. The number of carbonyl (C=O) groups excluding carboxylic acids is 1. The molecule has 37 heavy (non-hydrogen) atoms. The summed E-state index contributed by atoms with van der Waals surface area (Å²) in [4.78, 5) is 40.1. The first kappa shape index (κ1) is 25.2. The van der Waals surface area contributed by atoms with Gasteiger partial charge in [-0.15, -0.1) is 0 Å². The van der Waals surface area contributed by atoms with Crippen molar-refractivity contribution in [3.05, 3.63) is 81.5 Å². The molecule has 11 nitrogen and oxygen atoms in total. The van der Waals surface area contributed by atoms with Crippen molar-refractivity contribution in [2.45, 2.75) is 26.8 Å². The first-order valence-electron chi connectivity index (χ1n) is 11.3. The molecule has 1 amide bonds. The van der Waals surface area contributed by atoms with Gasteiger partial charge >= 0.3 is 11.7 Å². The third-order valence-electron chi connectivity index (χ3n) is 5.99. The normalized spacial score (nSPS) is 11.7. The standard InChI is InChI=1S/C26H25N5O6/c1-14-7-5-8-15(2)21(14)28-24-22(17-10-11-20(37-4)19(13-17)31(35)36)29-23-18(9-6-12-30(23)24)25(32)27-16(3)26(33)34/h5-13,16,28H,1-4H3,(H,27,32)(H,33,34). The number of carboxylic acids is 1. The lowest BCUT2D eigenvalue weighted by molar-refractivity contribution is -0.385. The van der Waals surface area contributed by atoms with Crippen molar-refractivity contribution in [2.24, 2.45) is 0 Å². The summed E-state index contributed by atoms with van der Waals surface area (Å²) < 4.78 is 6.80. The van der Waals surface area contributed by atoms with Crippen molar-refractivity contribution >= 4 is 34.7 Å². The Labute approximate surface area is 211 Å². The van der Waals surface area contributed by atoms with Gasteiger partial charge in [-0.1, -0.05) is 18.2 Å². The van der Waals surface area contributed by atoms with Crippen molar-refractivity contribution in [3.63, 3.8) is 0 Å². The van der Waals surface area contributed by atoms with Gasteiger partial charge in [-0.3, -0.25) is 24.1 Å². The molecule has 0 saturated carbocycles. The maximum atomic E-state index is 13.0. The van der Waals surface area contributed by atoms with E-state index in [9.17, 15) is 24.8 Å². The second-order valence-electron chi connectivity index (χ2n) is 8.49. The molecule has 190 valence electrons. The molecule has 0 aliphatic rings. The zero-order valence-electron chi connectivity index (χ0n) is 20.6. The fourth-order valence-corrected chi connectivity index (χ4v) is 4.01. The minimum atomic E-state index is -1.17. The van der Waals surface area contributed by atoms with E-state index in [-0.39, 0.29) is 22.6 Å². The van der Waals surface area contributed by atoms with Crippen molar-refractivity contribution in [3.8, 4) is 17.0 Å². The highest BCUT2D eigenvalue weighted by molar-refractivity contribution is 6.02. The van der Waals surface area contributed by atoms with Crippen LogP contribution in [-0.2, 0) is 4.79 Å². The Bertz CT molecular complexity index is 1520. The number of pyridine rings is 1. The van der Waals surface area contributed by atoms with Crippen LogP contribution in [0.15, 0.2) is 54.7 Å². The number of fused-ring (bicyclic) bond motifs is 1. The summed E-state index contributed by atoms with van der Waals surface area (Å²) >= 11 is 0. The summed E-state index contributed by atoms with van der Waals surface area (Å²) in [5.74, 6) is -1.21. The zero-order valence-corrected chi connectivity index (χ0v) is 20.6. The number of amides is 1. The lowest BCUT2D eigenvalue weighted by Gasteiger charge is -2.14. The highest BCUT2D eigenvalue weighted by Crippen LogP contribution is 2.38. The third-order valence-corrected chi connectivity index (χ3v) is 5.99. The molecule has 1 atom stereocenters. The molecule has 0 aliphatic carbocycles. The summed E-state index contributed by atoms with van der Waals surface area (Å²) in [6.07, 6.45) is 1.71. The Hall–Kier alpha value is -4.93. The van der Waals surface area contributed by atoms with Crippen LogP contribution in [0.5, 0.6) is 5.75 Å². The van der Waals surface area contributed by atoms with E-state index in [4.69, 9.17) is 9.72 Å². The molecule has 2 aromatic carbocycles. The average Bonchev–Trinajstić information content (AvgIpc) is 3.24. The first-order valence-corrected chi connectivity index (χ1v) is 11.3. The lowest BCUT2D eigenvalue weighted by Crippen LogP contribution is -2.38. The maximum absolute atomic E-state index is 13.0. The minimum Gasteiger partial charge on any atom is -0.490 e. The summed E-state index contributed by atoms with van der Waals surface area (Å²) in [6.45, 7) is 5.26. The fourth-order valence-electron chi connectivity index (χ4n) is 4.01. The van der Waals surface area contributed by atoms with Crippen LogP contribution in [0.25, 0.3) is 16.9 Å². The minimum absolute atomic E-state index is 0.101. The second-order valence-corrected chi connectivity index (χ2v) is 8.49. The topological polar surface area (TPSA) is 148 Å². The number of imidazole rings is 1. The van der Waals surface area contributed by atoms with Gasteiger partial charge in [0.25, 0.3) is 5.91 Å². The predicted octanol–water partition coefficient (Wildman–Crippen LogP) is 4.48. The quantitative estimate of drug-likeness (QED) is 0.235. The number of aryl methyl sites for hydroxylation is 2. The smallest absolute Gasteiger partial charge is 0.325 e. The van der Waals surface area contributed by atoms with Crippen LogP contribution in [0.1, 0.15) is 28.4 Å². The van der Waals surface area contributed by atoms with Gasteiger partial charge in [-0.25, -0.2) is 4.98 Å².